The molecule has 2 rings (SSSR count). The zero-order chi connectivity index (χ0) is 17.0. The van der Waals surface area contributed by atoms with Crippen LogP contribution in [0.2, 0.25) is 5.15 Å². The second kappa shape index (κ2) is 7.56. The molecule has 124 valence electrons. The van der Waals surface area contributed by atoms with E-state index >= 15 is 0 Å². The van der Waals surface area contributed by atoms with Gasteiger partial charge in [-0.3, -0.25) is 14.2 Å². The SMILES string of the molecule is CCN(C(=O)CCS(C)=O)c1cn(-c2ccc[n+](O)c2)nc1Cl. The number of amides is 1. The van der Waals surface area contributed by atoms with E-state index in [2.05, 4.69) is 5.10 Å². The van der Waals surface area contributed by atoms with Crippen LogP contribution in [0.15, 0.2) is 30.7 Å². The minimum atomic E-state index is -1.03. The van der Waals surface area contributed by atoms with Gasteiger partial charge >= 0.3 is 0 Å². The third-order valence-corrected chi connectivity index (χ3v) is 4.25. The van der Waals surface area contributed by atoms with Crippen LogP contribution in [-0.4, -0.2) is 43.7 Å². The van der Waals surface area contributed by atoms with Gasteiger partial charge in [0.05, 0.1) is 6.20 Å². The van der Waals surface area contributed by atoms with Crippen LogP contribution in [0.5, 0.6) is 0 Å². The maximum absolute atomic E-state index is 12.3. The topological polar surface area (TPSA) is 79.3 Å². The predicted octanol–water partition coefficient (Wildman–Crippen LogP) is 1.17. The summed E-state index contributed by atoms with van der Waals surface area (Å²) in [6.07, 6.45) is 6.31. The summed E-state index contributed by atoms with van der Waals surface area (Å²) >= 11 is 6.16. The number of hydrogen-bond donors (Lipinski definition) is 1. The number of carbonyl (C=O) groups excluding carboxylic acids is 1. The standard InChI is InChI=1S/C14H18ClN4O3S/c1-3-18(13(20)6-8-23(2)22)12-10-19(16-14(12)15)11-5-4-7-17(21)9-11/h4-5,7,9-10,21H,3,6,8H2,1-2H3/q+1. The Labute approximate surface area is 141 Å². The average molecular weight is 358 g/mol. The van der Waals surface area contributed by atoms with Gasteiger partial charge in [0.2, 0.25) is 18.3 Å². The number of rotatable bonds is 6. The molecule has 1 atom stereocenters. The van der Waals surface area contributed by atoms with E-state index in [-0.39, 0.29) is 17.5 Å². The number of carbonyl (C=O) groups is 1. The lowest BCUT2D eigenvalue weighted by atomic mass is 10.3. The maximum Gasteiger partial charge on any atom is 0.247 e. The molecule has 0 fully saturated rings. The molecule has 0 saturated heterocycles. The fourth-order valence-corrected chi connectivity index (χ4v) is 2.79. The molecule has 1 N–H and O–H groups in total. The largest absolute Gasteiger partial charge is 0.308 e. The Balaban J connectivity index is 2.28. The molecule has 9 heteroatoms. The molecule has 0 bridgehead atoms. The number of nitrogens with zero attached hydrogens (tertiary/aromatic N) is 4. The van der Waals surface area contributed by atoms with Crippen LogP contribution in [0, 0.1) is 0 Å². The van der Waals surface area contributed by atoms with Crippen LogP contribution >= 0.6 is 11.6 Å². The zero-order valence-corrected chi connectivity index (χ0v) is 14.4. The smallest absolute Gasteiger partial charge is 0.247 e. The maximum atomic E-state index is 12.3. The van der Waals surface area contributed by atoms with Crippen molar-refractivity contribution < 1.29 is 18.9 Å². The fraction of sp³-hybridized carbons (Fsp3) is 0.357. The van der Waals surface area contributed by atoms with Crippen LogP contribution in [0.4, 0.5) is 5.69 Å². The van der Waals surface area contributed by atoms with E-state index in [0.717, 1.165) is 4.73 Å². The van der Waals surface area contributed by atoms with Gasteiger partial charge in [0.15, 0.2) is 5.15 Å². The molecule has 1 unspecified atom stereocenters. The van der Waals surface area contributed by atoms with E-state index < -0.39 is 10.8 Å². The van der Waals surface area contributed by atoms with E-state index in [0.29, 0.717) is 23.7 Å². The minimum Gasteiger partial charge on any atom is -0.308 e. The Hall–Kier alpha value is -1.93. The molecular weight excluding hydrogens is 340 g/mol. The summed E-state index contributed by atoms with van der Waals surface area (Å²) in [5.74, 6) is 0.152. The first-order valence-electron chi connectivity index (χ1n) is 6.99. The Morgan fingerprint density at radius 2 is 2.30 bits per heavy atom. The van der Waals surface area contributed by atoms with Crippen molar-refractivity contribution in [1.82, 2.24) is 9.78 Å². The third-order valence-electron chi connectivity index (χ3n) is 3.20. The Bertz CT molecular complexity index is 735. The summed E-state index contributed by atoms with van der Waals surface area (Å²) in [4.78, 5) is 13.8. The second-order valence-electron chi connectivity index (χ2n) is 4.86. The number of pyridine rings is 1. The molecule has 2 heterocycles. The van der Waals surface area contributed by atoms with E-state index in [1.165, 1.54) is 22.0 Å². The third kappa shape index (κ3) is 4.29. The normalized spacial score (nSPS) is 12.1. The van der Waals surface area contributed by atoms with Gasteiger partial charge in [-0.2, -0.15) is 5.10 Å². The molecule has 7 nitrogen and oxygen atoms in total. The van der Waals surface area contributed by atoms with E-state index in [1.54, 1.807) is 24.6 Å². The highest BCUT2D eigenvalue weighted by atomic mass is 35.5. The summed E-state index contributed by atoms with van der Waals surface area (Å²) < 4.78 is 13.5. The monoisotopic (exact) mass is 357 g/mol. The van der Waals surface area contributed by atoms with Crippen molar-refractivity contribution in [3.8, 4) is 5.69 Å². The highest BCUT2D eigenvalue weighted by Crippen LogP contribution is 2.26. The number of anilines is 1. The molecular formula is C14H18ClN4O3S+. The molecule has 0 saturated carbocycles. The molecule has 23 heavy (non-hydrogen) atoms. The van der Waals surface area contributed by atoms with Crippen molar-refractivity contribution in [2.45, 2.75) is 13.3 Å². The molecule has 0 aliphatic rings. The van der Waals surface area contributed by atoms with Crippen molar-refractivity contribution in [1.29, 1.82) is 0 Å². The van der Waals surface area contributed by atoms with Crippen molar-refractivity contribution in [3.63, 3.8) is 0 Å². The minimum absolute atomic E-state index is 0.158. The quantitative estimate of drug-likeness (QED) is 0.621. The van der Waals surface area contributed by atoms with Crippen LogP contribution in [-0.2, 0) is 15.6 Å². The fourth-order valence-electron chi connectivity index (χ4n) is 2.09. The molecule has 0 aliphatic carbocycles. The lowest BCUT2D eigenvalue weighted by Gasteiger charge is -2.19. The lowest BCUT2D eigenvalue weighted by molar-refractivity contribution is -0.904. The van der Waals surface area contributed by atoms with Crippen molar-refractivity contribution in [2.24, 2.45) is 0 Å². The van der Waals surface area contributed by atoms with Gasteiger partial charge in [-0.25, -0.2) is 4.68 Å². The second-order valence-corrected chi connectivity index (χ2v) is 6.77. The van der Waals surface area contributed by atoms with Gasteiger partial charge in [0, 0.05) is 46.6 Å². The summed E-state index contributed by atoms with van der Waals surface area (Å²) in [5, 5.41) is 13.8. The zero-order valence-electron chi connectivity index (χ0n) is 12.8. The van der Waals surface area contributed by atoms with Crippen molar-refractivity contribution >= 4 is 34.0 Å². The predicted molar refractivity (Wildman–Crippen MR) is 87.5 cm³/mol. The van der Waals surface area contributed by atoms with E-state index in [9.17, 15) is 14.2 Å². The summed E-state index contributed by atoms with van der Waals surface area (Å²) in [5.41, 5.74) is 1.08. The Morgan fingerprint density at radius 3 is 2.91 bits per heavy atom. The van der Waals surface area contributed by atoms with E-state index in [1.807, 2.05) is 6.92 Å². The van der Waals surface area contributed by atoms with Crippen molar-refractivity contribution in [2.75, 3.05) is 23.5 Å². The average Bonchev–Trinajstić information content (AvgIpc) is 2.88. The van der Waals surface area contributed by atoms with Gasteiger partial charge in [0.1, 0.15) is 11.4 Å². The van der Waals surface area contributed by atoms with Gasteiger partial charge < -0.3 is 4.90 Å². The van der Waals surface area contributed by atoms with Crippen LogP contribution in [0.3, 0.4) is 0 Å². The summed E-state index contributed by atoms with van der Waals surface area (Å²) in [6, 6.07) is 3.40. The van der Waals surface area contributed by atoms with Gasteiger partial charge in [-0.1, -0.05) is 11.6 Å². The molecule has 2 aromatic rings. The molecule has 0 aromatic carbocycles. The van der Waals surface area contributed by atoms with Gasteiger partial charge in [0.25, 0.3) is 0 Å². The lowest BCUT2D eigenvalue weighted by Crippen LogP contribution is -2.31. The summed E-state index contributed by atoms with van der Waals surface area (Å²) in [6.45, 7) is 2.26. The first kappa shape index (κ1) is 17.4. The number of hydrogen-bond acceptors (Lipinski definition) is 4. The first-order valence-corrected chi connectivity index (χ1v) is 9.09. The number of halogens is 1. The van der Waals surface area contributed by atoms with Gasteiger partial charge in [-0.15, -0.1) is 0 Å². The molecule has 0 spiro atoms. The summed E-state index contributed by atoms with van der Waals surface area (Å²) in [7, 11) is -1.03. The molecule has 0 radical (unpaired) electrons. The van der Waals surface area contributed by atoms with Crippen LogP contribution < -0.4 is 9.63 Å². The van der Waals surface area contributed by atoms with Crippen LogP contribution in [0.1, 0.15) is 13.3 Å². The highest BCUT2D eigenvalue weighted by Gasteiger charge is 2.20. The molecule has 1 amide bonds. The van der Waals surface area contributed by atoms with E-state index in [4.69, 9.17) is 11.6 Å². The van der Waals surface area contributed by atoms with Gasteiger partial charge in [-0.05, 0) is 13.0 Å². The Morgan fingerprint density at radius 1 is 1.57 bits per heavy atom. The van der Waals surface area contributed by atoms with Crippen molar-refractivity contribution in [3.05, 3.63) is 35.9 Å². The molecule has 2 aromatic heterocycles. The Kier molecular flexibility index (Phi) is 5.73. The molecule has 0 aliphatic heterocycles. The first-order chi connectivity index (χ1) is 10.9. The highest BCUT2D eigenvalue weighted by molar-refractivity contribution is 7.84. The van der Waals surface area contributed by atoms with Crippen LogP contribution in [0.25, 0.3) is 5.69 Å². The number of aromatic nitrogens is 3.